The standard InChI is InChI=1S/C19H24N4O3S/c1-2-22-10-12-23(13-11-22)27(25,26)16-7-5-6-15(14-16)21-19(24)17-8-3-4-9-18(17)20/h3-9,14H,2,10-13,20H2,1H3,(H,21,24). The van der Waals surface area contributed by atoms with Crippen LogP contribution in [-0.2, 0) is 10.0 Å². The molecule has 27 heavy (non-hydrogen) atoms. The third kappa shape index (κ3) is 4.29. The molecule has 2 aromatic carbocycles. The van der Waals surface area contributed by atoms with E-state index in [1.165, 1.54) is 10.4 Å². The number of carbonyl (C=O) groups is 1. The van der Waals surface area contributed by atoms with E-state index in [1.807, 2.05) is 0 Å². The zero-order valence-corrected chi connectivity index (χ0v) is 16.1. The lowest BCUT2D eigenvalue weighted by Crippen LogP contribution is -2.48. The van der Waals surface area contributed by atoms with Gasteiger partial charge in [0.1, 0.15) is 0 Å². The van der Waals surface area contributed by atoms with E-state index >= 15 is 0 Å². The molecule has 1 aliphatic heterocycles. The minimum absolute atomic E-state index is 0.172. The Morgan fingerprint density at radius 3 is 2.44 bits per heavy atom. The second-order valence-electron chi connectivity index (χ2n) is 6.41. The van der Waals surface area contributed by atoms with E-state index in [0.29, 0.717) is 30.0 Å². The summed E-state index contributed by atoms with van der Waals surface area (Å²) in [5, 5.41) is 2.72. The molecule has 1 aliphatic rings. The Morgan fingerprint density at radius 2 is 1.78 bits per heavy atom. The van der Waals surface area contributed by atoms with Gasteiger partial charge in [0, 0.05) is 37.6 Å². The fourth-order valence-corrected chi connectivity index (χ4v) is 4.54. The summed E-state index contributed by atoms with van der Waals surface area (Å²) >= 11 is 0. The van der Waals surface area contributed by atoms with Crippen molar-refractivity contribution in [3.05, 3.63) is 54.1 Å². The lowest BCUT2D eigenvalue weighted by molar-refractivity contribution is 0.102. The highest BCUT2D eigenvalue weighted by molar-refractivity contribution is 7.89. The normalized spacial score (nSPS) is 16.2. The molecule has 2 aromatic rings. The largest absolute Gasteiger partial charge is 0.398 e. The van der Waals surface area contributed by atoms with Gasteiger partial charge in [0.25, 0.3) is 5.91 Å². The van der Waals surface area contributed by atoms with Gasteiger partial charge in [0.15, 0.2) is 0 Å². The molecule has 0 saturated carbocycles. The van der Waals surface area contributed by atoms with E-state index in [-0.39, 0.29) is 10.8 Å². The number of piperazine rings is 1. The number of hydrogen-bond donors (Lipinski definition) is 2. The van der Waals surface area contributed by atoms with Gasteiger partial charge in [-0.05, 0) is 36.9 Å². The third-order valence-electron chi connectivity index (χ3n) is 4.71. The highest BCUT2D eigenvalue weighted by atomic mass is 32.2. The minimum Gasteiger partial charge on any atom is -0.398 e. The maximum Gasteiger partial charge on any atom is 0.257 e. The summed E-state index contributed by atoms with van der Waals surface area (Å²) in [5.74, 6) is -0.376. The summed E-state index contributed by atoms with van der Waals surface area (Å²) in [5.41, 5.74) is 6.96. The molecule has 0 aliphatic carbocycles. The highest BCUT2D eigenvalue weighted by Crippen LogP contribution is 2.22. The van der Waals surface area contributed by atoms with Crippen molar-refractivity contribution in [1.29, 1.82) is 0 Å². The summed E-state index contributed by atoms with van der Waals surface area (Å²) in [7, 11) is -3.59. The number of benzene rings is 2. The molecule has 1 saturated heterocycles. The van der Waals surface area contributed by atoms with Crippen LogP contribution in [0.25, 0.3) is 0 Å². The Bertz CT molecular complexity index is 922. The van der Waals surface area contributed by atoms with Gasteiger partial charge in [-0.2, -0.15) is 4.31 Å². The molecule has 1 amide bonds. The van der Waals surface area contributed by atoms with Gasteiger partial charge in [-0.25, -0.2) is 8.42 Å². The number of carbonyl (C=O) groups excluding carboxylic acids is 1. The molecule has 0 spiro atoms. The SMILES string of the molecule is CCN1CCN(S(=O)(=O)c2cccc(NC(=O)c3ccccc3N)c2)CC1. The maximum atomic E-state index is 12.9. The van der Waals surface area contributed by atoms with Gasteiger partial charge in [-0.1, -0.05) is 25.1 Å². The fourth-order valence-electron chi connectivity index (χ4n) is 3.07. The average molecular weight is 388 g/mol. The number of likely N-dealkylation sites (N-methyl/N-ethyl adjacent to an activating group) is 1. The van der Waals surface area contributed by atoms with Crippen molar-refractivity contribution in [2.75, 3.05) is 43.8 Å². The van der Waals surface area contributed by atoms with Gasteiger partial charge in [-0.15, -0.1) is 0 Å². The van der Waals surface area contributed by atoms with Crippen molar-refractivity contribution in [3.63, 3.8) is 0 Å². The number of nitrogen functional groups attached to an aromatic ring is 1. The van der Waals surface area contributed by atoms with E-state index in [2.05, 4.69) is 17.1 Å². The quantitative estimate of drug-likeness (QED) is 0.762. The van der Waals surface area contributed by atoms with Crippen LogP contribution in [0.5, 0.6) is 0 Å². The van der Waals surface area contributed by atoms with Crippen LogP contribution in [0.1, 0.15) is 17.3 Å². The number of anilines is 2. The molecular weight excluding hydrogens is 364 g/mol. The molecule has 8 heteroatoms. The number of para-hydroxylation sites is 1. The Morgan fingerprint density at radius 1 is 1.07 bits per heavy atom. The monoisotopic (exact) mass is 388 g/mol. The number of rotatable bonds is 5. The molecule has 144 valence electrons. The van der Waals surface area contributed by atoms with E-state index in [4.69, 9.17) is 5.73 Å². The zero-order valence-electron chi connectivity index (χ0n) is 15.3. The smallest absolute Gasteiger partial charge is 0.257 e. The first-order valence-electron chi connectivity index (χ1n) is 8.90. The molecule has 1 heterocycles. The summed E-state index contributed by atoms with van der Waals surface area (Å²) in [6.45, 7) is 5.35. The van der Waals surface area contributed by atoms with Crippen LogP contribution in [0.2, 0.25) is 0 Å². The van der Waals surface area contributed by atoms with E-state index in [9.17, 15) is 13.2 Å². The van der Waals surface area contributed by atoms with Crippen LogP contribution in [0, 0.1) is 0 Å². The average Bonchev–Trinajstić information content (AvgIpc) is 2.68. The van der Waals surface area contributed by atoms with Crippen molar-refractivity contribution in [2.45, 2.75) is 11.8 Å². The Kier molecular flexibility index (Phi) is 5.79. The molecule has 7 nitrogen and oxygen atoms in total. The van der Waals surface area contributed by atoms with Crippen molar-refractivity contribution >= 4 is 27.3 Å². The summed E-state index contributed by atoms with van der Waals surface area (Å²) in [6.07, 6.45) is 0. The molecule has 3 rings (SSSR count). The minimum atomic E-state index is -3.59. The molecule has 1 fully saturated rings. The van der Waals surface area contributed by atoms with E-state index in [0.717, 1.165) is 19.6 Å². The molecule has 0 bridgehead atoms. The summed E-state index contributed by atoms with van der Waals surface area (Å²) < 4.78 is 27.3. The molecule has 3 N–H and O–H groups in total. The second-order valence-corrected chi connectivity index (χ2v) is 8.35. The van der Waals surface area contributed by atoms with Crippen molar-refractivity contribution in [2.24, 2.45) is 0 Å². The number of nitrogens with two attached hydrogens (primary N) is 1. The Hall–Kier alpha value is -2.42. The first-order valence-corrected chi connectivity index (χ1v) is 10.3. The lowest BCUT2D eigenvalue weighted by Gasteiger charge is -2.33. The van der Waals surface area contributed by atoms with Gasteiger partial charge in [-0.3, -0.25) is 4.79 Å². The predicted molar refractivity (Wildman–Crippen MR) is 106 cm³/mol. The van der Waals surface area contributed by atoms with Crippen LogP contribution < -0.4 is 11.1 Å². The van der Waals surface area contributed by atoms with Crippen molar-refractivity contribution in [3.8, 4) is 0 Å². The fraction of sp³-hybridized carbons (Fsp3) is 0.316. The van der Waals surface area contributed by atoms with Crippen molar-refractivity contribution < 1.29 is 13.2 Å². The van der Waals surface area contributed by atoms with Crippen molar-refractivity contribution in [1.82, 2.24) is 9.21 Å². The Labute approximate surface area is 159 Å². The zero-order chi connectivity index (χ0) is 19.4. The van der Waals surface area contributed by atoms with Crippen LogP contribution in [0.3, 0.4) is 0 Å². The lowest BCUT2D eigenvalue weighted by atomic mass is 10.1. The molecule has 0 radical (unpaired) electrons. The first kappa shape index (κ1) is 19.3. The topological polar surface area (TPSA) is 95.7 Å². The van der Waals surface area contributed by atoms with Gasteiger partial charge in [0.2, 0.25) is 10.0 Å². The van der Waals surface area contributed by atoms with Gasteiger partial charge >= 0.3 is 0 Å². The molecular formula is C19H24N4O3S. The van der Waals surface area contributed by atoms with Gasteiger partial charge in [0.05, 0.1) is 10.5 Å². The second kappa shape index (κ2) is 8.08. The molecule has 0 unspecified atom stereocenters. The van der Waals surface area contributed by atoms with Gasteiger partial charge < -0.3 is 16.0 Å². The van der Waals surface area contributed by atoms with Crippen LogP contribution in [0.15, 0.2) is 53.4 Å². The number of sulfonamides is 1. The third-order valence-corrected chi connectivity index (χ3v) is 6.61. The van der Waals surface area contributed by atoms with E-state index in [1.54, 1.807) is 42.5 Å². The Balaban J connectivity index is 1.77. The van der Waals surface area contributed by atoms with Crippen LogP contribution in [-0.4, -0.2) is 56.3 Å². The molecule has 0 aromatic heterocycles. The van der Waals surface area contributed by atoms with Crippen LogP contribution in [0.4, 0.5) is 11.4 Å². The maximum absolute atomic E-state index is 12.9. The predicted octanol–water partition coefficient (Wildman–Crippen LogP) is 1.85. The van der Waals surface area contributed by atoms with E-state index < -0.39 is 10.0 Å². The van der Waals surface area contributed by atoms with Crippen LogP contribution >= 0.6 is 0 Å². The number of hydrogen-bond acceptors (Lipinski definition) is 5. The number of nitrogens with one attached hydrogen (secondary N) is 1. The summed E-state index contributed by atoms with van der Waals surface area (Å²) in [4.78, 5) is 14.8. The molecule has 0 atom stereocenters. The first-order chi connectivity index (χ1) is 12.9. The highest BCUT2D eigenvalue weighted by Gasteiger charge is 2.28. The number of amides is 1. The number of nitrogens with zero attached hydrogens (tertiary/aromatic N) is 2. The summed E-state index contributed by atoms with van der Waals surface area (Å²) in [6, 6.07) is 13.1.